The lowest BCUT2D eigenvalue weighted by atomic mass is 10.3. The lowest BCUT2D eigenvalue weighted by molar-refractivity contribution is -0.129. The van der Waals surface area contributed by atoms with Crippen molar-refractivity contribution in [3.05, 3.63) is 0 Å². The number of nitrogens with zero attached hydrogens (tertiary/aromatic N) is 4. The van der Waals surface area contributed by atoms with E-state index in [0.29, 0.717) is 6.42 Å². The van der Waals surface area contributed by atoms with Gasteiger partial charge in [-0.25, -0.2) is 0 Å². The second-order valence-corrected chi connectivity index (χ2v) is 6.24. The molecule has 1 N–H and O–H groups in total. The molecular weight excluding hydrogens is 266 g/mol. The molecule has 0 unspecified atom stereocenters. The van der Waals surface area contributed by atoms with Gasteiger partial charge in [0.1, 0.15) is 0 Å². The molecule has 0 aromatic rings. The van der Waals surface area contributed by atoms with Gasteiger partial charge >= 0.3 is 0 Å². The second-order valence-electron chi connectivity index (χ2n) is 6.24. The summed E-state index contributed by atoms with van der Waals surface area (Å²) in [5, 5.41) is 3.48. The van der Waals surface area contributed by atoms with Gasteiger partial charge in [-0.3, -0.25) is 14.7 Å². The Balaban J connectivity index is 1.67. The van der Waals surface area contributed by atoms with E-state index in [1.165, 1.54) is 12.8 Å². The van der Waals surface area contributed by atoms with Crippen LogP contribution >= 0.6 is 0 Å². The van der Waals surface area contributed by atoms with Crippen molar-refractivity contribution < 1.29 is 4.79 Å². The third kappa shape index (κ3) is 5.19. The molecule has 1 amide bonds. The van der Waals surface area contributed by atoms with Crippen molar-refractivity contribution in [3.8, 4) is 0 Å². The lowest BCUT2D eigenvalue weighted by Gasteiger charge is -2.36. The predicted octanol–water partition coefficient (Wildman–Crippen LogP) is 0.0677. The maximum absolute atomic E-state index is 11.6. The van der Waals surface area contributed by atoms with Crippen LogP contribution in [0, 0.1) is 5.92 Å². The quantitative estimate of drug-likeness (QED) is 0.576. The Morgan fingerprint density at radius 1 is 1.24 bits per heavy atom. The van der Waals surface area contributed by atoms with E-state index < -0.39 is 0 Å². The number of hydrogen-bond acceptors (Lipinski definition) is 3. The molecule has 1 saturated carbocycles. The molecule has 2 fully saturated rings. The Bertz CT molecular complexity index is 370. The van der Waals surface area contributed by atoms with Gasteiger partial charge in [-0.05, 0) is 18.8 Å². The monoisotopic (exact) mass is 295 g/mol. The topological polar surface area (TPSA) is 51.2 Å². The van der Waals surface area contributed by atoms with Crippen LogP contribution in [0.4, 0.5) is 0 Å². The standard InChI is InChI=1S/C15H29N5O/c1-16-15(17-12-13-4-5-13)20-10-8-19(9-11-20)7-6-14(21)18(2)3/h13H,4-12H2,1-3H3,(H,16,17). The minimum Gasteiger partial charge on any atom is -0.356 e. The summed E-state index contributed by atoms with van der Waals surface area (Å²) in [6.45, 7) is 5.90. The number of hydrogen-bond donors (Lipinski definition) is 1. The number of amides is 1. The van der Waals surface area contributed by atoms with Crippen LogP contribution in [-0.4, -0.2) is 87.0 Å². The number of piperazine rings is 1. The maximum atomic E-state index is 11.6. The summed E-state index contributed by atoms with van der Waals surface area (Å²) in [5.41, 5.74) is 0. The summed E-state index contributed by atoms with van der Waals surface area (Å²) >= 11 is 0. The van der Waals surface area contributed by atoms with E-state index in [2.05, 4.69) is 20.1 Å². The van der Waals surface area contributed by atoms with Crippen LogP contribution in [-0.2, 0) is 4.79 Å². The molecule has 120 valence electrons. The fraction of sp³-hybridized carbons (Fsp3) is 0.867. The number of rotatable bonds is 5. The molecule has 1 heterocycles. The van der Waals surface area contributed by atoms with Gasteiger partial charge in [0.2, 0.25) is 5.91 Å². The molecule has 6 nitrogen and oxygen atoms in total. The Hall–Kier alpha value is -1.30. The summed E-state index contributed by atoms with van der Waals surface area (Å²) in [6, 6.07) is 0. The minimum absolute atomic E-state index is 0.208. The van der Waals surface area contributed by atoms with Crippen molar-refractivity contribution in [2.45, 2.75) is 19.3 Å². The molecule has 6 heteroatoms. The Labute approximate surface area is 128 Å². The molecule has 0 aromatic heterocycles. The first-order valence-corrected chi connectivity index (χ1v) is 7.98. The minimum atomic E-state index is 0.208. The van der Waals surface area contributed by atoms with E-state index in [-0.39, 0.29) is 5.91 Å². The second kappa shape index (κ2) is 7.64. The number of aliphatic imine (C=N–C) groups is 1. The van der Waals surface area contributed by atoms with Crippen LogP contribution in [0.3, 0.4) is 0 Å². The van der Waals surface area contributed by atoms with E-state index in [1.54, 1.807) is 4.90 Å². The van der Waals surface area contributed by atoms with Crippen LogP contribution in [0.15, 0.2) is 4.99 Å². The Morgan fingerprint density at radius 2 is 1.90 bits per heavy atom. The van der Waals surface area contributed by atoms with Gasteiger partial charge in [-0.2, -0.15) is 0 Å². The average molecular weight is 295 g/mol. The first kappa shape index (κ1) is 16.1. The van der Waals surface area contributed by atoms with Crippen LogP contribution in [0.1, 0.15) is 19.3 Å². The van der Waals surface area contributed by atoms with Crippen LogP contribution in [0.25, 0.3) is 0 Å². The summed E-state index contributed by atoms with van der Waals surface area (Å²) in [7, 11) is 5.49. The number of carbonyl (C=O) groups excluding carboxylic acids is 1. The van der Waals surface area contributed by atoms with Crippen LogP contribution < -0.4 is 5.32 Å². The largest absolute Gasteiger partial charge is 0.356 e. The molecule has 1 aliphatic heterocycles. The maximum Gasteiger partial charge on any atom is 0.223 e. The van der Waals surface area contributed by atoms with E-state index >= 15 is 0 Å². The molecule has 2 rings (SSSR count). The van der Waals surface area contributed by atoms with E-state index in [9.17, 15) is 4.79 Å². The van der Waals surface area contributed by atoms with Crippen LogP contribution in [0.5, 0.6) is 0 Å². The number of carbonyl (C=O) groups is 1. The van der Waals surface area contributed by atoms with Gasteiger partial charge in [0.05, 0.1) is 0 Å². The third-order valence-corrected chi connectivity index (χ3v) is 4.27. The van der Waals surface area contributed by atoms with E-state index in [1.807, 2.05) is 21.1 Å². The molecule has 1 saturated heterocycles. The fourth-order valence-electron chi connectivity index (χ4n) is 2.55. The molecule has 21 heavy (non-hydrogen) atoms. The zero-order valence-corrected chi connectivity index (χ0v) is 13.6. The molecule has 0 spiro atoms. The summed E-state index contributed by atoms with van der Waals surface area (Å²) in [5.74, 6) is 2.10. The summed E-state index contributed by atoms with van der Waals surface area (Å²) < 4.78 is 0. The van der Waals surface area contributed by atoms with Gasteiger partial charge < -0.3 is 15.1 Å². The molecule has 1 aliphatic carbocycles. The van der Waals surface area contributed by atoms with Gasteiger partial charge in [0.25, 0.3) is 0 Å². The summed E-state index contributed by atoms with van der Waals surface area (Å²) in [6.07, 6.45) is 3.33. The van der Waals surface area contributed by atoms with Gasteiger partial charge in [0.15, 0.2) is 5.96 Å². The van der Waals surface area contributed by atoms with Crippen molar-refractivity contribution in [3.63, 3.8) is 0 Å². The van der Waals surface area contributed by atoms with Crippen molar-refractivity contribution in [2.75, 3.05) is 60.4 Å². The van der Waals surface area contributed by atoms with Gasteiger partial charge in [0, 0.05) is 66.8 Å². The van der Waals surface area contributed by atoms with Crippen molar-refractivity contribution in [1.29, 1.82) is 0 Å². The first-order chi connectivity index (χ1) is 10.1. The highest BCUT2D eigenvalue weighted by Gasteiger charge is 2.24. The number of nitrogens with one attached hydrogen (secondary N) is 1. The average Bonchev–Trinajstić information content (AvgIpc) is 3.30. The normalized spacial score (nSPS) is 20.5. The third-order valence-electron chi connectivity index (χ3n) is 4.27. The molecule has 0 atom stereocenters. The zero-order chi connectivity index (χ0) is 15.2. The molecule has 0 bridgehead atoms. The van der Waals surface area contributed by atoms with E-state index in [4.69, 9.17) is 0 Å². The van der Waals surface area contributed by atoms with Crippen molar-refractivity contribution in [1.82, 2.24) is 20.0 Å². The smallest absolute Gasteiger partial charge is 0.223 e. The van der Waals surface area contributed by atoms with Gasteiger partial charge in [-0.1, -0.05) is 0 Å². The Morgan fingerprint density at radius 3 is 2.43 bits per heavy atom. The predicted molar refractivity (Wildman–Crippen MR) is 85.4 cm³/mol. The SMILES string of the molecule is CN=C(NCC1CC1)N1CCN(CCC(=O)N(C)C)CC1. The molecule has 0 aromatic carbocycles. The first-order valence-electron chi connectivity index (χ1n) is 7.98. The van der Waals surface area contributed by atoms with Crippen molar-refractivity contribution in [2.24, 2.45) is 10.9 Å². The highest BCUT2D eigenvalue weighted by Crippen LogP contribution is 2.27. The van der Waals surface area contributed by atoms with Gasteiger partial charge in [-0.15, -0.1) is 0 Å². The van der Waals surface area contributed by atoms with E-state index in [0.717, 1.165) is 51.1 Å². The zero-order valence-electron chi connectivity index (χ0n) is 13.6. The Kier molecular flexibility index (Phi) is 5.85. The summed E-state index contributed by atoms with van der Waals surface area (Å²) in [4.78, 5) is 22.4. The van der Waals surface area contributed by atoms with Crippen molar-refractivity contribution >= 4 is 11.9 Å². The highest BCUT2D eigenvalue weighted by molar-refractivity contribution is 5.80. The fourth-order valence-corrected chi connectivity index (χ4v) is 2.55. The molecule has 2 aliphatic rings. The highest BCUT2D eigenvalue weighted by atomic mass is 16.2. The number of guanidine groups is 1. The molecular formula is C15H29N5O. The lowest BCUT2D eigenvalue weighted by Crippen LogP contribution is -2.53. The van der Waals surface area contributed by atoms with Crippen LogP contribution in [0.2, 0.25) is 0 Å². The molecule has 0 radical (unpaired) electrons.